The molecule has 0 amide bonds. The molecule has 0 aliphatic heterocycles. The molecule has 0 rings (SSSR count). The molecule has 0 aromatic carbocycles. The van der Waals surface area contributed by atoms with Gasteiger partial charge in [0.05, 0.1) is 5.88 Å². The monoisotopic (exact) mass is 195 g/mol. The number of carbonyl (C=O) groups is 1. The van der Waals surface area contributed by atoms with Gasteiger partial charge in [0.2, 0.25) is 0 Å². The standard InChI is InChI=1S/C6H13NO4S/c1-6(8)11-4-3-7-5-12(2,9)10/h7H,3-5H2,1-2H3. The van der Waals surface area contributed by atoms with Crippen molar-refractivity contribution in [3.05, 3.63) is 0 Å². The highest BCUT2D eigenvalue weighted by atomic mass is 32.2. The molecule has 6 heteroatoms. The highest BCUT2D eigenvalue weighted by Crippen LogP contribution is 1.78. The topological polar surface area (TPSA) is 72.5 Å². The van der Waals surface area contributed by atoms with E-state index in [1.54, 1.807) is 0 Å². The van der Waals surface area contributed by atoms with Crippen LogP contribution in [-0.2, 0) is 19.4 Å². The van der Waals surface area contributed by atoms with E-state index >= 15 is 0 Å². The maximum Gasteiger partial charge on any atom is 0.302 e. The molecule has 0 spiro atoms. The van der Waals surface area contributed by atoms with E-state index in [9.17, 15) is 13.2 Å². The lowest BCUT2D eigenvalue weighted by molar-refractivity contribution is -0.140. The molecule has 1 N–H and O–H groups in total. The molecule has 12 heavy (non-hydrogen) atoms. The van der Waals surface area contributed by atoms with E-state index in [-0.39, 0.29) is 18.5 Å². The lowest BCUT2D eigenvalue weighted by atomic mass is 10.7. The van der Waals surface area contributed by atoms with Gasteiger partial charge < -0.3 is 10.1 Å². The number of ether oxygens (including phenoxy) is 1. The van der Waals surface area contributed by atoms with E-state index in [1.165, 1.54) is 6.92 Å². The van der Waals surface area contributed by atoms with Crippen LogP contribution in [0.15, 0.2) is 0 Å². The normalized spacial score (nSPS) is 11.2. The predicted molar refractivity (Wildman–Crippen MR) is 44.3 cm³/mol. The van der Waals surface area contributed by atoms with E-state index in [1.807, 2.05) is 0 Å². The van der Waals surface area contributed by atoms with Crippen LogP contribution in [0.2, 0.25) is 0 Å². The van der Waals surface area contributed by atoms with E-state index < -0.39 is 9.84 Å². The molecule has 0 unspecified atom stereocenters. The van der Waals surface area contributed by atoms with Crippen molar-refractivity contribution < 1.29 is 17.9 Å². The summed E-state index contributed by atoms with van der Waals surface area (Å²) in [5.74, 6) is -0.454. The smallest absolute Gasteiger partial charge is 0.302 e. The number of carbonyl (C=O) groups excluding carboxylic acids is 1. The number of hydrogen-bond donors (Lipinski definition) is 1. The van der Waals surface area contributed by atoms with Gasteiger partial charge in [0.25, 0.3) is 0 Å². The van der Waals surface area contributed by atoms with Crippen molar-refractivity contribution in [3.8, 4) is 0 Å². The van der Waals surface area contributed by atoms with Gasteiger partial charge in [-0.1, -0.05) is 0 Å². The van der Waals surface area contributed by atoms with Crippen LogP contribution in [0.3, 0.4) is 0 Å². The Hall–Kier alpha value is -0.620. The fourth-order valence-corrected chi connectivity index (χ4v) is 1.04. The van der Waals surface area contributed by atoms with Crippen LogP contribution in [0.1, 0.15) is 6.92 Å². The third-order valence-electron chi connectivity index (χ3n) is 0.948. The second-order valence-corrected chi connectivity index (χ2v) is 4.55. The average molecular weight is 195 g/mol. The Labute approximate surface area is 72.0 Å². The molecular formula is C6H13NO4S. The van der Waals surface area contributed by atoms with Crippen LogP contribution in [0.25, 0.3) is 0 Å². The Bertz CT molecular complexity index is 234. The minimum Gasteiger partial charge on any atom is -0.465 e. The van der Waals surface area contributed by atoms with Crippen LogP contribution in [0, 0.1) is 0 Å². The molecule has 0 heterocycles. The lowest BCUT2D eigenvalue weighted by Crippen LogP contribution is -2.26. The summed E-state index contributed by atoms with van der Waals surface area (Å²) < 4.78 is 25.7. The highest BCUT2D eigenvalue weighted by molar-refractivity contribution is 7.90. The molecule has 0 saturated carbocycles. The van der Waals surface area contributed by atoms with Crippen LogP contribution >= 0.6 is 0 Å². The summed E-state index contributed by atoms with van der Waals surface area (Å²) in [5.41, 5.74) is 0. The van der Waals surface area contributed by atoms with Gasteiger partial charge >= 0.3 is 5.97 Å². The molecule has 0 radical (unpaired) electrons. The number of rotatable bonds is 5. The molecule has 0 aromatic heterocycles. The van der Waals surface area contributed by atoms with Gasteiger partial charge in [-0.2, -0.15) is 0 Å². The zero-order valence-corrected chi connectivity index (χ0v) is 7.98. The molecular weight excluding hydrogens is 182 g/mol. The van der Waals surface area contributed by atoms with Gasteiger partial charge in [-0.05, 0) is 0 Å². The van der Waals surface area contributed by atoms with Crippen molar-refractivity contribution >= 4 is 15.8 Å². The minimum atomic E-state index is -2.98. The van der Waals surface area contributed by atoms with Gasteiger partial charge in [0.15, 0.2) is 9.84 Å². The third kappa shape index (κ3) is 9.38. The summed E-state index contributed by atoms with van der Waals surface area (Å²) in [5, 5.41) is 2.62. The maximum atomic E-state index is 10.6. The summed E-state index contributed by atoms with van der Waals surface area (Å²) in [6.45, 7) is 1.86. The summed E-state index contributed by atoms with van der Waals surface area (Å²) in [7, 11) is -2.98. The third-order valence-corrected chi connectivity index (χ3v) is 1.68. The zero-order valence-electron chi connectivity index (χ0n) is 7.16. The van der Waals surface area contributed by atoms with E-state index in [0.717, 1.165) is 6.26 Å². The number of nitrogens with one attached hydrogen (secondary N) is 1. The Morgan fingerprint density at radius 3 is 2.50 bits per heavy atom. The van der Waals surface area contributed by atoms with E-state index in [2.05, 4.69) is 10.1 Å². The number of esters is 1. The Balaban J connectivity index is 3.29. The van der Waals surface area contributed by atoms with Gasteiger partial charge in [0.1, 0.15) is 6.61 Å². The average Bonchev–Trinajstić information content (AvgIpc) is 1.83. The summed E-state index contributed by atoms with van der Waals surface area (Å²) in [6.07, 6.45) is 1.13. The van der Waals surface area contributed by atoms with Crippen molar-refractivity contribution in [3.63, 3.8) is 0 Å². The second kappa shape index (κ2) is 5.10. The first-order valence-electron chi connectivity index (χ1n) is 3.43. The van der Waals surface area contributed by atoms with E-state index in [0.29, 0.717) is 6.54 Å². The van der Waals surface area contributed by atoms with Gasteiger partial charge in [-0.25, -0.2) is 8.42 Å². The van der Waals surface area contributed by atoms with Gasteiger partial charge in [-0.3, -0.25) is 4.79 Å². The van der Waals surface area contributed by atoms with Gasteiger partial charge in [0, 0.05) is 19.7 Å². The van der Waals surface area contributed by atoms with Crippen molar-refractivity contribution in [2.45, 2.75) is 6.92 Å². The number of hydrogen-bond acceptors (Lipinski definition) is 5. The molecule has 0 aliphatic carbocycles. The summed E-state index contributed by atoms with van der Waals surface area (Å²) in [6, 6.07) is 0. The first kappa shape index (κ1) is 11.4. The maximum absolute atomic E-state index is 10.6. The van der Waals surface area contributed by atoms with Crippen molar-refractivity contribution in [1.29, 1.82) is 0 Å². The molecule has 0 atom stereocenters. The molecule has 0 aliphatic rings. The molecule has 0 fully saturated rings. The van der Waals surface area contributed by atoms with E-state index in [4.69, 9.17) is 0 Å². The first-order valence-corrected chi connectivity index (χ1v) is 5.49. The molecule has 0 bridgehead atoms. The minimum absolute atomic E-state index is 0.0890. The van der Waals surface area contributed by atoms with Crippen LogP contribution in [0.5, 0.6) is 0 Å². The highest BCUT2D eigenvalue weighted by Gasteiger charge is 1.99. The quantitative estimate of drug-likeness (QED) is 0.456. The zero-order chi connectivity index (χ0) is 9.61. The second-order valence-electron chi connectivity index (χ2n) is 2.41. The summed E-state index contributed by atoms with van der Waals surface area (Å²) >= 11 is 0. The van der Waals surface area contributed by atoms with Crippen molar-refractivity contribution in [2.75, 3.05) is 25.3 Å². The van der Waals surface area contributed by atoms with Crippen molar-refractivity contribution in [1.82, 2.24) is 5.32 Å². The molecule has 0 saturated heterocycles. The Kier molecular flexibility index (Phi) is 4.84. The summed E-state index contributed by atoms with van der Waals surface area (Å²) in [4.78, 5) is 10.2. The van der Waals surface area contributed by atoms with Crippen molar-refractivity contribution in [2.24, 2.45) is 0 Å². The van der Waals surface area contributed by atoms with Gasteiger partial charge in [-0.15, -0.1) is 0 Å². The SMILES string of the molecule is CC(=O)OCCNCS(C)(=O)=O. The Morgan fingerprint density at radius 2 is 2.08 bits per heavy atom. The predicted octanol–water partition coefficient (Wildman–Crippen LogP) is -0.859. The Morgan fingerprint density at radius 1 is 1.50 bits per heavy atom. The van der Waals surface area contributed by atoms with Crippen LogP contribution in [-0.4, -0.2) is 39.7 Å². The number of sulfone groups is 1. The lowest BCUT2D eigenvalue weighted by Gasteiger charge is -2.02. The molecule has 72 valence electrons. The van der Waals surface area contributed by atoms with Crippen LogP contribution < -0.4 is 5.32 Å². The first-order chi connectivity index (χ1) is 5.42. The fourth-order valence-electron chi connectivity index (χ4n) is 0.524. The largest absolute Gasteiger partial charge is 0.465 e. The van der Waals surface area contributed by atoms with Crippen LogP contribution in [0.4, 0.5) is 0 Å². The molecule has 5 nitrogen and oxygen atoms in total. The fraction of sp³-hybridized carbons (Fsp3) is 0.833. The molecule has 0 aromatic rings.